The van der Waals surface area contributed by atoms with Gasteiger partial charge in [0.05, 0.1) is 12.1 Å². The summed E-state index contributed by atoms with van der Waals surface area (Å²) in [6.45, 7) is 0. The molecule has 1 aliphatic carbocycles. The molecule has 0 radical (unpaired) electrons. The van der Waals surface area contributed by atoms with Gasteiger partial charge in [0.25, 0.3) is 0 Å². The topological polar surface area (TPSA) is 72.9 Å². The molecule has 1 saturated carbocycles. The van der Waals surface area contributed by atoms with Crippen LogP contribution in [0.2, 0.25) is 0 Å². The summed E-state index contributed by atoms with van der Waals surface area (Å²) in [5.74, 6) is 1.62. The van der Waals surface area contributed by atoms with Crippen LogP contribution < -0.4 is 5.32 Å². The fraction of sp³-hybridized carbons (Fsp3) is 0.333. The lowest BCUT2D eigenvalue weighted by Gasteiger charge is -2.32. The summed E-state index contributed by atoms with van der Waals surface area (Å²) >= 11 is 1.64. The van der Waals surface area contributed by atoms with Gasteiger partial charge in [-0.15, -0.1) is 15.3 Å². The van der Waals surface area contributed by atoms with E-state index in [2.05, 4.69) is 36.9 Å². The van der Waals surface area contributed by atoms with Crippen LogP contribution in [0.5, 0.6) is 0 Å². The lowest BCUT2D eigenvalue weighted by atomic mass is 9.90. The normalized spacial score (nSPS) is 20.5. The molecule has 1 N–H and O–H groups in total. The van der Waals surface area contributed by atoms with E-state index in [-0.39, 0.29) is 0 Å². The number of anilines is 1. The molecule has 0 aromatic carbocycles. The molecule has 1 aliphatic rings. The second kappa shape index (κ2) is 6.53. The Hall–Kier alpha value is -2.74. The zero-order chi connectivity index (χ0) is 17.3. The third-order valence-electron chi connectivity index (χ3n) is 4.97. The van der Waals surface area contributed by atoms with Gasteiger partial charge in [0, 0.05) is 23.3 Å². The van der Waals surface area contributed by atoms with Crippen molar-refractivity contribution in [2.24, 2.45) is 0 Å². The Kier molecular flexibility index (Phi) is 3.89. The van der Waals surface area contributed by atoms with Crippen LogP contribution >= 0.6 is 11.3 Å². The van der Waals surface area contributed by atoms with E-state index in [1.807, 2.05) is 40.4 Å². The van der Waals surface area contributed by atoms with Crippen LogP contribution in [-0.2, 0) is 0 Å². The molecule has 0 aliphatic heterocycles. The van der Waals surface area contributed by atoms with Gasteiger partial charge in [-0.3, -0.25) is 4.68 Å². The van der Waals surface area contributed by atoms with Crippen molar-refractivity contribution in [2.45, 2.75) is 37.8 Å². The molecular weight excluding hydrogens is 346 g/mol. The van der Waals surface area contributed by atoms with Crippen LogP contribution in [0, 0.1) is 0 Å². The second-order valence-corrected chi connectivity index (χ2v) is 7.39. The fourth-order valence-electron chi connectivity index (χ4n) is 3.70. The molecule has 5 rings (SSSR count). The Morgan fingerprint density at radius 3 is 2.92 bits per heavy atom. The molecule has 0 spiro atoms. The number of nitrogens with zero attached hydrogens (tertiary/aromatic N) is 6. The molecule has 4 heterocycles. The van der Waals surface area contributed by atoms with Gasteiger partial charge in [0.2, 0.25) is 0 Å². The summed E-state index contributed by atoms with van der Waals surface area (Å²) in [4.78, 5) is 0. The number of thiophene rings is 1. The zero-order valence-corrected chi connectivity index (χ0v) is 15.0. The number of fused-ring (bicyclic) bond motifs is 1. The van der Waals surface area contributed by atoms with E-state index < -0.39 is 0 Å². The van der Waals surface area contributed by atoms with Crippen molar-refractivity contribution in [2.75, 3.05) is 5.32 Å². The van der Waals surface area contributed by atoms with Crippen LogP contribution in [0.1, 0.15) is 31.7 Å². The van der Waals surface area contributed by atoms with Crippen molar-refractivity contribution in [1.29, 1.82) is 0 Å². The minimum Gasteiger partial charge on any atom is -0.364 e. The Bertz CT molecular complexity index is 990. The monoisotopic (exact) mass is 365 g/mol. The highest BCUT2D eigenvalue weighted by Crippen LogP contribution is 2.30. The Morgan fingerprint density at radius 2 is 2.08 bits per heavy atom. The Balaban J connectivity index is 1.46. The van der Waals surface area contributed by atoms with Gasteiger partial charge >= 0.3 is 0 Å². The lowest BCUT2D eigenvalue weighted by molar-refractivity contribution is 0.301. The molecule has 4 aromatic heterocycles. The number of hydrogen-bond donors (Lipinski definition) is 1. The molecular formula is C18H19N7S. The molecule has 1 fully saturated rings. The Morgan fingerprint density at radius 1 is 1.12 bits per heavy atom. The average Bonchev–Trinajstić information content (AvgIpc) is 3.42. The van der Waals surface area contributed by atoms with Gasteiger partial charge in [0.15, 0.2) is 11.5 Å². The van der Waals surface area contributed by atoms with Gasteiger partial charge in [0.1, 0.15) is 5.82 Å². The zero-order valence-electron chi connectivity index (χ0n) is 14.2. The van der Waals surface area contributed by atoms with Crippen molar-refractivity contribution < 1.29 is 0 Å². The number of nitrogens with one attached hydrogen (secondary N) is 1. The summed E-state index contributed by atoms with van der Waals surface area (Å²) < 4.78 is 3.89. The van der Waals surface area contributed by atoms with Crippen molar-refractivity contribution in [3.8, 4) is 11.4 Å². The quantitative estimate of drug-likeness (QED) is 0.598. The van der Waals surface area contributed by atoms with E-state index in [4.69, 9.17) is 5.10 Å². The van der Waals surface area contributed by atoms with Crippen LogP contribution in [0.3, 0.4) is 0 Å². The van der Waals surface area contributed by atoms with Gasteiger partial charge in [-0.25, -0.2) is 0 Å². The summed E-state index contributed by atoms with van der Waals surface area (Å²) in [7, 11) is 0. The van der Waals surface area contributed by atoms with Crippen molar-refractivity contribution in [3.63, 3.8) is 0 Å². The first-order valence-electron chi connectivity index (χ1n) is 8.89. The maximum atomic E-state index is 4.76. The smallest absolute Gasteiger partial charge is 0.186 e. The van der Waals surface area contributed by atoms with E-state index in [1.165, 1.54) is 12.8 Å². The minimum atomic E-state index is 0.315. The van der Waals surface area contributed by atoms with Gasteiger partial charge in [-0.2, -0.15) is 21.0 Å². The van der Waals surface area contributed by atoms with Crippen LogP contribution in [0.4, 0.5) is 5.82 Å². The van der Waals surface area contributed by atoms with E-state index in [0.717, 1.165) is 35.7 Å². The van der Waals surface area contributed by atoms with E-state index in [1.54, 1.807) is 11.3 Å². The summed E-state index contributed by atoms with van der Waals surface area (Å²) in [5, 5.41) is 25.5. The van der Waals surface area contributed by atoms with Gasteiger partial charge < -0.3 is 5.32 Å². The third-order valence-corrected chi connectivity index (χ3v) is 5.65. The molecule has 2 atom stereocenters. The first-order chi connectivity index (χ1) is 12.9. The van der Waals surface area contributed by atoms with E-state index in [0.29, 0.717) is 12.1 Å². The SMILES string of the molecule is c1cnn(C2CCCCC2Nc2ccc3nnc(-c4ccsc4)n3n2)c1. The molecule has 0 saturated heterocycles. The van der Waals surface area contributed by atoms with Crippen molar-refractivity contribution in [1.82, 2.24) is 29.6 Å². The molecule has 4 aromatic rings. The van der Waals surface area contributed by atoms with Gasteiger partial charge in [-0.05, 0) is 42.5 Å². The summed E-state index contributed by atoms with van der Waals surface area (Å²) in [6.07, 6.45) is 8.61. The largest absolute Gasteiger partial charge is 0.364 e. The van der Waals surface area contributed by atoms with Gasteiger partial charge in [-0.1, -0.05) is 12.8 Å². The molecule has 0 amide bonds. The van der Waals surface area contributed by atoms with E-state index >= 15 is 0 Å². The maximum absolute atomic E-state index is 4.76. The fourth-order valence-corrected chi connectivity index (χ4v) is 4.33. The molecule has 0 bridgehead atoms. The molecule has 132 valence electrons. The predicted octanol–water partition coefficient (Wildman–Crippen LogP) is 3.65. The molecule has 26 heavy (non-hydrogen) atoms. The number of aromatic nitrogens is 6. The summed E-state index contributed by atoms with van der Waals surface area (Å²) in [5.41, 5.74) is 1.79. The first-order valence-corrected chi connectivity index (χ1v) is 9.83. The predicted molar refractivity (Wildman–Crippen MR) is 101 cm³/mol. The van der Waals surface area contributed by atoms with Crippen LogP contribution in [0.25, 0.3) is 17.0 Å². The number of hydrogen-bond acceptors (Lipinski definition) is 6. The lowest BCUT2D eigenvalue weighted by Crippen LogP contribution is -2.34. The molecule has 7 nitrogen and oxygen atoms in total. The average molecular weight is 365 g/mol. The van der Waals surface area contributed by atoms with E-state index in [9.17, 15) is 0 Å². The minimum absolute atomic E-state index is 0.315. The van der Waals surface area contributed by atoms with Crippen LogP contribution in [0.15, 0.2) is 47.4 Å². The van der Waals surface area contributed by atoms with Crippen LogP contribution in [-0.4, -0.2) is 35.6 Å². The second-order valence-electron chi connectivity index (χ2n) is 6.61. The van der Waals surface area contributed by atoms with Crippen molar-refractivity contribution >= 4 is 22.8 Å². The standard InChI is InChI=1S/C18H19N7S/c1-2-5-15(24-10-3-9-19-24)14(4-1)20-16-6-7-17-21-22-18(25(17)23-16)13-8-11-26-12-13/h3,6-12,14-15H,1-2,4-5H2,(H,20,23). The Labute approximate surface area is 154 Å². The first kappa shape index (κ1) is 15.5. The maximum Gasteiger partial charge on any atom is 0.186 e. The molecule has 8 heteroatoms. The highest BCUT2D eigenvalue weighted by Gasteiger charge is 2.27. The molecule has 2 unspecified atom stereocenters. The third kappa shape index (κ3) is 2.76. The summed E-state index contributed by atoms with van der Waals surface area (Å²) in [6, 6.07) is 8.64. The van der Waals surface area contributed by atoms with Crippen molar-refractivity contribution in [3.05, 3.63) is 47.4 Å². The highest BCUT2D eigenvalue weighted by molar-refractivity contribution is 7.08. The highest BCUT2D eigenvalue weighted by atomic mass is 32.1. The number of rotatable bonds is 4.